The van der Waals surface area contributed by atoms with Crippen molar-refractivity contribution in [3.63, 3.8) is 0 Å². The Morgan fingerprint density at radius 2 is 1.63 bits per heavy atom. The summed E-state index contributed by atoms with van der Waals surface area (Å²) in [6.45, 7) is 8.79. The molecule has 1 aliphatic heterocycles. The Bertz CT molecular complexity index is 1910. The molecule has 0 aliphatic carbocycles. The standard InChI is InChI=1S/C40H51N5O6S/c1-6-29(4)38(45-23-22-43(40(45)48)26-32-17-16-31-14-10-11-15-35(31)41-32)39(47)42-36(24-30-12-8-7-9-13-30)37(46)27-44(25-28(2)3)52(49,50)34-20-18-33(51-5)19-21-34/h7-21,28-29,36-38,46H,6,22-27H2,1-5H3,(H,42,47)/t29-,36-,37-,38-/m0/s1. The van der Waals surface area contributed by atoms with Gasteiger partial charge in [-0.25, -0.2) is 13.2 Å². The molecule has 2 heterocycles. The fourth-order valence-corrected chi connectivity index (χ4v) is 8.28. The van der Waals surface area contributed by atoms with E-state index in [1.54, 1.807) is 21.9 Å². The van der Waals surface area contributed by atoms with Crippen LogP contribution in [0.25, 0.3) is 10.9 Å². The quantitative estimate of drug-likeness (QED) is 0.150. The van der Waals surface area contributed by atoms with Crippen LogP contribution in [-0.2, 0) is 27.8 Å². The molecule has 4 aromatic rings. The Balaban J connectivity index is 1.37. The molecule has 0 bridgehead atoms. The van der Waals surface area contributed by atoms with Gasteiger partial charge in [-0.05, 0) is 60.2 Å². The van der Waals surface area contributed by atoms with Crippen molar-refractivity contribution in [2.24, 2.45) is 11.8 Å². The van der Waals surface area contributed by atoms with Crippen LogP contribution >= 0.6 is 0 Å². The number of hydrogen-bond donors (Lipinski definition) is 2. The second-order valence-electron chi connectivity index (χ2n) is 14.0. The van der Waals surface area contributed by atoms with Crippen LogP contribution in [0.1, 0.15) is 45.4 Å². The Morgan fingerprint density at radius 3 is 2.31 bits per heavy atom. The van der Waals surface area contributed by atoms with Gasteiger partial charge < -0.3 is 25.0 Å². The summed E-state index contributed by atoms with van der Waals surface area (Å²) in [4.78, 5) is 36.4. The number of amides is 3. The number of sulfonamides is 1. The van der Waals surface area contributed by atoms with Crippen molar-refractivity contribution >= 4 is 32.9 Å². The maximum Gasteiger partial charge on any atom is 0.321 e. The number of rotatable bonds is 17. The molecule has 0 saturated carbocycles. The zero-order valence-corrected chi connectivity index (χ0v) is 31.5. The van der Waals surface area contributed by atoms with Crippen LogP contribution in [-0.4, -0.2) is 96.0 Å². The molecule has 1 aliphatic rings. The van der Waals surface area contributed by atoms with E-state index in [0.717, 1.165) is 22.2 Å². The molecular formula is C40H51N5O6S. The van der Waals surface area contributed by atoms with Gasteiger partial charge in [0, 0.05) is 31.6 Å². The number of pyridine rings is 1. The van der Waals surface area contributed by atoms with Crippen molar-refractivity contribution in [2.75, 3.05) is 33.3 Å². The lowest BCUT2D eigenvalue weighted by Gasteiger charge is -2.35. The first-order chi connectivity index (χ1) is 24.9. The van der Waals surface area contributed by atoms with Crippen molar-refractivity contribution in [1.82, 2.24) is 24.4 Å². The molecule has 1 aromatic heterocycles. The lowest BCUT2D eigenvalue weighted by molar-refractivity contribution is -0.128. The normalized spacial score (nSPS) is 16.0. The summed E-state index contributed by atoms with van der Waals surface area (Å²) in [6, 6.07) is 25.4. The maximum atomic E-state index is 14.3. The molecule has 0 spiro atoms. The average Bonchev–Trinajstić information content (AvgIpc) is 3.49. The van der Waals surface area contributed by atoms with Gasteiger partial charge >= 0.3 is 6.03 Å². The molecule has 5 rings (SSSR count). The highest BCUT2D eigenvalue weighted by Crippen LogP contribution is 2.25. The average molecular weight is 730 g/mol. The molecule has 12 heteroatoms. The smallest absolute Gasteiger partial charge is 0.321 e. The lowest BCUT2D eigenvalue weighted by Crippen LogP contribution is -2.57. The van der Waals surface area contributed by atoms with Crippen LogP contribution in [0, 0.1) is 11.8 Å². The topological polar surface area (TPSA) is 132 Å². The molecule has 3 amide bonds. The molecule has 4 atom stereocenters. The maximum absolute atomic E-state index is 14.3. The number of nitrogens with one attached hydrogen (secondary N) is 1. The Kier molecular flexibility index (Phi) is 12.9. The molecule has 3 aromatic carbocycles. The number of aromatic nitrogens is 1. The summed E-state index contributed by atoms with van der Waals surface area (Å²) in [6.07, 6.45) is -0.368. The summed E-state index contributed by atoms with van der Waals surface area (Å²) in [5.74, 6) is -0.0844. The Labute approximate surface area is 307 Å². The highest BCUT2D eigenvalue weighted by Gasteiger charge is 2.41. The number of aliphatic hydroxyl groups is 1. The fourth-order valence-electron chi connectivity index (χ4n) is 6.66. The van der Waals surface area contributed by atoms with Crippen molar-refractivity contribution in [3.05, 3.63) is 102 Å². The number of methoxy groups -OCH3 is 1. The zero-order chi connectivity index (χ0) is 37.4. The first kappa shape index (κ1) is 38.7. The van der Waals surface area contributed by atoms with Gasteiger partial charge in [0.1, 0.15) is 11.8 Å². The van der Waals surface area contributed by atoms with Crippen LogP contribution < -0.4 is 10.1 Å². The second kappa shape index (κ2) is 17.3. The Morgan fingerprint density at radius 1 is 0.942 bits per heavy atom. The number of benzene rings is 3. The van der Waals surface area contributed by atoms with Crippen LogP contribution in [0.4, 0.5) is 4.79 Å². The number of carbonyl (C=O) groups excluding carboxylic acids is 2. The molecule has 11 nitrogen and oxygen atoms in total. The van der Waals surface area contributed by atoms with E-state index < -0.39 is 28.2 Å². The summed E-state index contributed by atoms with van der Waals surface area (Å²) in [5.41, 5.74) is 2.49. The number of nitrogens with zero attached hydrogens (tertiary/aromatic N) is 4. The van der Waals surface area contributed by atoms with E-state index in [-0.39, 0.29) is 48.2 Å². The molecule has 0 radical (unpaired) electrons. The minimum atomic E-state index is -4.01. The van der Waals surface area contributed by atoms with E-state index in [0.29, 0.717) is 31.8 Å². The third kappa shape index (κ3) is 9.28. The van der Waals surface area contributed by atoms with E-state index in [2.05, 4.69) is 5.32 Å². The molecule has 2 N–H and O–H groups in total. The minimum Gasteiger partial charge on any atom is -0.497 e. The number of fused-ring (bicyclic) bond motifs is 1. The van der Waals surface area contributed by atoms with Crippen LogP contribution in [0.5, 0.6) is 5.75 Å². The van der Waals surface area contributed by atoms with Crippen LogP contribution in [0.2, 0.25) is 0 Å². The number of aliphatic hydroxyl groups excluding tert-OH is 1. The lowest BCUT2D eigenvalue weighted by atomic mass is 9.95. The van der Waals surface area contributed by atoms with Crippen LogP contribution in [0.15, 0.2) is 95.9 Å². The third-order valence-corrected chi connectivity index (χ3v) is 11.5. The number of hydrogen-bond acceptors (Lipinski definition) is 7. The highest BCUT2D eigenvalue weighted by molar-refractivity contribution is 7.89. The summed E-state index contributed by atoms with van der Waals surface area (Å²) in [7, 11) is -2.50. The SMILES string of the molecule is CC[C@H](C)[C@@H](C(=O)N[C@@H](Cc1ccccc1)[C@@H](O)CN(CC(C)C)S(=O)(=O)c1ccc(OC)cc1)N1CCN(Cc2ccc3ccccc3n2)C1=O. The predicted octanol–water partition coefficient (Wildman–Crippen LogP) is 5.33. The zero-order valence-electron chi connectivity index (χ0n) is 30.7. The molecular weight excluding hydrogens is 679 g/mol. The molecule has 1 saturated heterocycles. The van der Waals surface area contributed by atoms with Gasteiger partial charge in [-0.3, -0.25) is 9.78 Å². The van der Waals surface area contributed by atoms with Crippen molar-refractivity contribution < 1.29 is 27.9 Å². The van der Waals surface area contributed by atoms with Gasteiger partial charge in [0.15, 0.2) is 0 Å². The number of urea groups is 1. The number of carbonyl (C=O) groups is 2. The van der Waals surface area contributed by atoms with Crippen molar-refractivity contribution in [2.45, 2.75) is 70.2 Å². The van der Waals surface area contributed by atoms with Crippen molar-refractivity contribution in [3.8, 4) is 5.75 Å². The van der Waals surface area contributed by atoms with Gasteiger partial charge in [-0.15, -0.1) is 0 Å². The van der Waals surface area contributed by atoms with Gasteiger partial charge in [-0.1, -0.05) is 88.7 Å². The van der Waals surface area contributed by atoms with E-state index in [1.165, 1.54) is 23.5 Å². The first-order valence-corrected chi connectivity index (χ1v) is 19.4. The van der Waals surface area contributed by atoms with Crippen LogP contribution in [0.3, 0.4) is 0 Å². The van der Waals surface area contributed by atoms with Gasteiger partial charge in [0.2, 0.25) is 15.9 Å². The largest absolute Gasteiger partial charge is 0.497 e. The molecule has 52 heavy (non-hydrogen) atoms. The number of para-hydroxylation sites is 1. The molecule has 0 unspecified atom stereocenters. The monoisotopic (exact) mass is 729 g/mol. The summed E-state index contributed by atoms with van der Waals surface area (Å²) < 4.78 is 34.3. The van der Waals surface area contributed by atoms with Gasteiger partial charge in [0.25, 0.3) is 0 Å². The Hall–Kier alpha value is -4.52. The van der Waals surface area contributed by atoms with E-state index in [1.807, 2.05) is 94.4 Å². The van der Waals surface area contributed by atoms with Crippen molar-refractivity contribution in [1.29, 1.82) is 0 Å². The minimum absolute atomic E-state index is 0.0360. The molecule has 278 valence electrons. The van der Waals surface area contributed by atoms with E-state index in [4.69, 9.17) is 9.72 Å². The second-order valence-corrected chi connectivity index (χ2v) is 15.9. The highest BCUT2D eigenvalue weighted by atomic mass is 32.2. The molecule has 1 fully saturated rings. The first-order valence-electron chi connectivity index (χ1n) is 18.0. The predicted molar refractivity (Wildman–Crippen MR) is 202 cm³/mol. The summed E-state index contributed by atoms with van der Waals surface area (Å²) in [5, 5.41) is 15.9. The summed E-state index contributed by atoms with van der Waals surface area (Å²) >= 11 is 0. The third-order valence-electron chi connectivity index (χ3n) is 9.67. The van der Waals surface area contributed by atoms with E-state index >= 15 is 0 Å². The van der Waals surface area contributed by atoms with E-state index in [9.17, 15) is 23.1 Å². The number of ether oxygens (including phenoxy) is 1. The van der Waals surface area contributed by atoms with Gasteiger partial charge in [-0.2, -0.15) is 4.31 Å². The van der Waals surface area contributed by atoms with Gasteiger partial charge in [0.05, 0.1) is 41.9 Å². The fraction of sp³-hybridized carbons (Fsp3) is 0.425.